The molecular weight excluding hydrogens is 280 g/mol. The van der Waals surface area contributed by atoms with Crippen molar-refractivity contribution in [3.63, 3.8) is 0 Å². The summed E-state index contributed by atoms with van der Waals surface area (Å²) in [5.41, 5.74) is 0.247. The molecule has 0 spiro atoms. The highest BCUT2D eigenvalue weighted by Gasteiger charge is 2.29. The summed E-state index contributed by atoms with van der Waals surface area (Å²) in [6.07, 6.45) is 2.99. The summed E-state index contributed by atoms with van der Waals surface area (Å²) in [7, 11) is -1.86. The predicted octanol–water partition coefficient (Wildman–Crippen LogP) is 1.37. The number of rotatable bonds is 4. The molecule has 1 aliphatic rings. The summed E-state index contributed by atoms with van der Waals surface area (Å²) in [4.78, 5) is 12.0. The van der Waals surface area contributed by atoms with Crippen LogP contribution >= 0.6 is 0 Å². The molecule has 1 aromatic rings. The van der Waals surface area contributed by atoms with Crippen LogP contribution in [-0.2, 0) is 21.8 Å². The van der Waals surface area contributed by atoms with Gasteiger partial charge in [0.2, 0.25) is 10.0 Å². The van der Waals surface area contributed by atoms with Gasteiger partial charge in [0.05, 0.1) is 6.10 Å². The molecule has 20 heavy (non-hydrogen) atoms. The van der Waals surface area contributed by atoms with Crippen LogP contribution in [0.2, 0.25) is 0 Å². The van der Waals surface area contributed by atoms with Crippen molar-refractivity contribution < 1.29 is 17.9 Å². The Kier molecular flexibility index (Phi) is 4.19. The molecule has 0 saturated carbocycles. The zero-order valence-electron chi connectivity index (χ0n) is 12.0. The summed E-state index contributed by atoms with van der Waals surface area (Å²) >= 11 is 0. The lowest BCUT2D eigenvalue weighted by Gasteiger charge is -2.13. The van der Waals surface area contributed by atoms with Crippen molar-refractivity contribution in [1.82, 2.24) is 8.87 Å². The highest BCUT2D eigenvalue weighted by Crippen LogP contribution is 2.22. The van der Waals surface area contributed by atoms with Gasteiger partial charge >= 0.3 is 5.97 Å². The molecule has 0 unspecified atom stereocenters. The second kappa shape index (κ2) is 5.57. The molecule has 0 radical (unpaired) electrons. The van der Waals surface area contributed by atoms with E-state index in [0.29, 0.717) is 13.1 Å². The molecule has 6 nitrogen and oxygen atoms in total. The average molecular weight is 300 g/mol. The molecule has 1 aliphatic heterocycles. The number of aromatic nitrogens is 1. The molecule has 0 amide bonds. The van der Waals surface area contributed by atoms with Gasteiger partial charge < -0.3 is 9.30 Å². The van der Waals surface area contributed by atoms with E-state index in [-0.39, 0.29) is 16.7 Å². The molecule has 2 rings (SSSR count). The van der Waals surface area contributed by atoms with Crippen LogP contribution < -0.4 is 0 Å². The Bertz CT molecular complexity index is 598. The quantitative estimate of drug-likeness (QED) is 0.788. The molecule has 7 heteroatoms. The van der Waals surface area contributed by atoms with Gasteiger partial charge in [0, 0.05) is 26.3 Å². The second-order valence-corrected chi connectivity index (χ2v) is 7.18. The first-order chi connectivity index (χ1) is 9.32. The Morgan fingerprint density at radius 2 is 1.90 bits per heavy atom. The molecule has 0 N–H and O–H groups in total. The van der Waals surface area contributed by atoms with Gasteiger partial charge in [0.1, 0.15) is 10.6 Å². The van der Waals surface area contributed by atoms with Gasteiger partial charge in [-0.1, -0.05) is 0 Å². The van der Waals surface area contributed by atoms with Crippen molar-refractivity contribution in [1.29, 1.82) is 0 Å². The largest absolute Gasteiger partial charge is 0.458 e. The first-order valence-corrected chi connectivity index (χ1v) is 8.14. The zero-order chi connectivity index (χ0) is 14.9. The molecule has 0 bridgehead atoms. The summed E-state index contributed by atoms with van der Waals surface area (Å²) in [5.74, 6) is -0.509. The van der Waals surface area contributed by atoms with Gasteiger partial charge in [0.15, 0.2) is 0 Å². The summed E-state index contributed by atoms with van der Waals surface area (Å²) in [6.45, 7) is 4.59. The van der Waals surface area contributed by atoms with E-state index in [1.807, 2.05) is 0 Å². The number of carbonyl (C=O) groups is 1. The minimum atomic E-state index is -3.50. The van der Waals surface area contributed by atoms with Gasteiger partial charge in [-0.3, -0.25) is 0 Å². The van der Waals surface area contributed by atoms with Crippen LogP contribution in [0.4, 0.5) is 0 Å². The van der Waals surface area contributed by atoms with Gasteiger partial charge in [0.25, 0.3) is 0 Å². The molecule has 0 atom stereocenters. The van der Waals surface area contributed by atoms with E-state index < -0.39 is 16.0 Å². The first-order valence-electron chi connectivity index (χ1n) is 6.70. The zero-order valence-corrected chi connectivity index (χ0v) is 12.8. The Balaban J connectivity index is 2.29. The molecule has 0 aromatic carbocycles. The number of ether oxygens (including phenoxy) is 1. The van der Waals surface area contributed by atoms with E-state index in [1.165, 1.54) is 21.1 Å². The fraction of sp³-hybridized carbons (Fsp3) is 0.615. The van der Waals surface area contributed by atoms with Crippen molar-refractivity contribution >= 4 is 16.0 Å². The van der Waals surface area contributed by atoms with E-state index in [1.54, 1.807) is 20.9 Å². The van der Waals surface area contributed by atoms with Crippen molar-refractivity contribution in [2.75, 3.05) is 13.1 Å². The van der Waals surface area contributed by atoms with E-state index in [4.69, 9.17) is 4.74 Å². The smallest absolute Gasteiger partial charge is 0.355 e. The maximum Gasteiger partial charge on any atom is 0.355 e. The Morgan fingerprint density at radius 3 is 2.45 bits per heavy atom. The van der Waals surface area contributed by atoms with Crippen molar-refractivity contribution in [2.45, 2.75) is 37.7 Å². The van der Waals surface area contributed by atoms with Crippen molar-refractivity contribution in [2.24, 2.45) is 7.05 Å². The van der Waals surface area contributed by atoms with Gasteiger partial charge in [-0.25, -0.2) is 13.2 Å². The lowest BCUT2D eigenvalue weighted by molar-refractivity contribution is 0.0366. The van der Waals surface area contributed by atoms with Crippen LogP contribution in [-0.4, -0.2) is 42.5 Å². The van der Waals surface area contributed by atoms with Crippen LogP contribution in [0.15, 0.2) is 17.2 Å². The topological polar surface area (TPSA) is 68.6 Å². The number of sulfonamides is 1. The van der Waals surface area contributed by atoms with Gasteiger partial charge in [-0.2, -0.15) is 4.31 Å². The summed E-state index contributed by atoms with van der Waals surface area (Å²) in [5, 5.41) is 0. The number of aryl methyl sites for hydroxylation is 1. The maximum atomic E-state index is 12.4. The summed E-state index contributed by atoms with van der Waals surface area (Å²) in [6, 6.07) is 1.39. The predicted molar refractivity (Wildman–Crippen MR) is 74.0 cm³/mol. The van der Waals surface area contributed by atoms with E-state index >= 15 is 0 Å². The molecule has 1 fully saturated rings. The molecular formula is C13H20N2O4S. The average Bonchev–Trinajstić information content (AvgIpc) is 2.96. The van der Waals surface area contributed by atoms with E-state index in [0.717, 1.165) is 12.8 Å². The second-order valence-electron chi connectivity index (χ2n) is 5.24. The lowest BCUT2D eigenvalue weighted by atomic mass is 10.4. The molecule has 2 heterocycles. The molecule has 1 saturated heterocycles. The Labute approximate surface area is 119 Å². The van der Waals surface area contributed by atoms with Crippen molar-refractivity contribution in [3.05, 3.63) is 18.0 Å². The first kappa shape index (κ1) is 15.1. The van der Waals surface area contributed by atoms with Crippen LogP contribution in [0, 0.1) is 0 Å². The number of nitrogens with zero attached hydrogens (tertiary/aromatic N) is 2. The fourth-order valence-corrected chi connectivity index (χ4v) is 3.82. The minimum Gasteiger partial charge on any atom is -0.458 e. The molecule has 112 valence electrons. The van der Waals surface area contributed by atoms with Crippen molar-refractivity contribution in [3.8, 4) is 0 Å². The Hall–Kier alpha value is -1.34. The highest BCUT2D eigenvalue weighted by molar-refractivity contribution is 7.89. The Morgan fingerprint density at radius 1 is 1.30 bits per heavy atom. The standard InChI is InChI=1S/C13H20N2O4S/c1-10(2)19-13(16)12-8-11(9-14(12)3)20(17,18)15-6-4-5-7-15/h8-10H,4-7H2,1-3H3. The maximum absolute atomic E-state index is 12.4. The number of hydrogen-bond acceptors (Lipinski definition) is 4. The fourth-order valence-electron chi connectivity index (χ4n) is 2.23. The van der Waals surface area contributed by atoms with Crippen LogP contribution in [0.5, 0.6) is 0 Å². The summed E-state index contributed by atoms with van der Waals surface area (Å²) < 4.78 is 32.9. The highest BCUT2D eigenvalue weighted by atomic mass is 32.2. The number of hydrogen-bond donors (Lipinski definition) is 0. The third-order valence-corrected chi connectivity index (χ3v) is 5.10. The normalized spacial score (nSPS) is 16.8. The van der Waals surface area contributed by atoms with Gasteiger partial charge in [-0.15, -0.1) is 0 Å². The van der Waals surface area contributed by atoms with E-state index in [9.17, 15) is 13.2 Å². The van der Waals surface area contributed by atoms with Crippen LogP contribution in [0.1, 0.15) is 37.2 Å². The molecule has 0 aliphatic carbocycles. The third kappa shape index (κ3) is 2.88. The van der Waals surface area contributed by atoms with Crippen LogP contribution in [0.3, 0.4) is 0 Å². The third-order valence-electron chi connectivity index (χ3n) is 3.23. The minimum absolute atomic E-state index is 0.151. The van der Waals surface area contributed by atoms with Crippen LogP contribution in [0.25, 0.3) is 0 Å². The number of esters is 1. The number of carbonyl (C=O) groups excluding carboxylic acids is 1. The van der Waals surface area contributed by atoms with Gasteiger partial charge in [-0.05, 0) is 32.8 Å². The monoisotopic (exact) mass is 300 g/mol. The lowest BCUT2D eigenvalue weighted by Crippen LogP contribution is -2.27. The van der Waals surface area contributed by atoms with E-state index in [2.05, 4.69) is 0 Å². The SMILES string of the molecule is CC(C)OC(=O)c1cc(S(=O)(=O)N2CCCC2)cn1C. The molecule has 1 aromatic heterocycles.